The molecule has 5 heteroatoms. The van der Waals surface area contributed by atoms with Crippen LogP contribution in [0.4, 0.5) is 22.9 Å². The normalized spacial score (nSPS) is 25.9. The van der Waals surface area contributed by atoms with Gasteiger partial charge in [0.25, 0.3) is 5.82 Å². The van der Waals surface area contributed by atoms with Crippen molar-refractivity contribution in [3.05, 3.63) is 103 Å². The number of hydrogen-bond acceptors (Lipinski definition) is 3. The summed E-state index contributed by atoms with van der Waals surface area (Å²) >= 11 is 0. The highest BCUT2D eigenvalue weighted by molar-refractivity contribution is 6.72. The highest BCUT2D eigenvalue weighted by Crippen LogP contribution is 2.61. The van der Waals surface area contributed by atoms with Crippen LogP contribution in [0.3, 0.4) is 0 Å². The first kappa shape index (κ1) is 25.8. The second-order valence-electron chi connectivity index (χ2n) is 11.9. The summed E-state index contributed by atoms with van der Waals surface area (Å²) in [7, 11) is 2.28. The second-order valence-corrected chi connectivity index (χ2v) is 11.9. The molecule has 4 unspecified atom stereocenters. The molecule has 4 atom stereocenters. The minimum atomic E-state index is -0.0357. The quantitative estimate of drug-likeness (QED) is 0.247. The molecule has 0 amide bonds. The summed E-state index contributed by atoms with van der Waals surface area (Å²) in [5.41, 5.74) is 5.21. The first-order valence-corrected chi connectivity index (χ1v) is 14.7. The fraction of sp³-hybridized carbons (Fsp3) is 0.382. The van der Waals surface area contributed by atoms with Crippen LogP contribution in [-0.2, 0) is 5.54 Å². The van der Waals surface area contributed by atoms with Gasteiger partial charge in [-0.05, 0) is 74.9 Å². The topological polar surface area (TPSA) is 13.6 Å². The first-order valence-electron chi connectivity index (χ1n) is 14.7. The van der Waals surface area contributed by atoms with E-state index in [1.165, 1.54) is 28.4 Å². The maximum Gasteiger partial charge on any atom is 0.415 e. The van der Waals surface area contributed by atoms with Gasteiger partial charge in [-0.3, -0.25) is 4.81 Å². The van der Waals surface area contributed by atoms with Crippen molar-refractivity contribution >= 4 is 29.7 Å². The van der Waals surface area contributed by atoms with E-state index in [-0.39, 0.29) is 17.0 Å². The zero-order valence-electron chi connectivity index (χ0n) is 24.4. The van der Waals surface area contributed by atoms with Gasteiger partial charge in [-0.25, -0.2) is 4.57 Å². The Kier molecular flexibility index (Phi) is 6.36. The van der Waals surface area contributed by atoms with Crippen LogP contribution in [0.1, 0.15) is 52.5 Å². The number of aryl methyl sites for hydroxylation is 1. The summed E-state index contributed by atoms with van der Waals surface area (Å²) < 4.78 is 2.58. The number of aromatic nitrogens is 1. The molecule has 4 heterocycles. The molecule has 0 fully saturated rings. The van der Waals surface area contributed by atoms with Gasteiger partial charge >= 0.3 is 6.85 Å². The summed E-state index contributed by atoms with van der Waals surface area (Å²) in [6.07, 6.45) is 12.5. The Balaban J connectivity index is 1.48. The lowest BCUT2D eigenvalue weighted by Crippen LogP contribution is -2.74. The minimum absolute atomic E-state index is 0.0229. The number of para-hydroxylation sites is 3. The third kappa shape index (κ3) is 3.55. The molecule has 3 aliphatic rings. The molecule has 0 spiro atoms. The lowest BCUT2D eigenvalue weighted by atomic mass is 9.29. The largest absolute Gasteiger partial charge is 0.415 e. The highest BCUT2D eigenvalue weighted by atomic mass is 15.4. The smallest absolute Gasteiger partial charge is 0.352 e. The summed E-state index contributed by atoms with van der Waals surface area (Å²) in [5.74, 6) is 4.19. The second kappa shape index (κ2) is 9.62. The van der Waals surface area contributed by atoms with Crippen LogP contribution >= 0.6 is 0 Å². The van der Waals surface area contributed by atoms with Crippen molar-refractivity contribution in [3.8, 4) is 0 Å². The number of anilines is 4. The predicted octanol–water partition coefficient (Wildman–Crippen LogP) is 7.63. The van der Waals surface area contributed by atoms with Gasteiger partial charge in [0.2, 0.25) is 0 Å². The monoisotopic (exact) mass is 517 g/mol. The van der Waals surface area contributed by atoms with Crippen LogP contribution in [0.25, 0.3) is 0 Å². The maximum atomic E-state index is 2.60. The average molecular weight is 518 g/mol. The number of rotatable bonds is 6. The maximum absolute atomic E-state index is 2.60. The molecule has 6 rings (SSSR count). The Morgan fingerprint density at radius 2 is 1.59 bits per heavy atom. The van der Waals surface area contributed by atoms with Crippen LogP contribution in [0.5, 0.6) is 0 Å². The van der Waals surface area contributed by atoms with Crippen LogP contribution in [0.2, 0.25) is 5.31 Å². The number of hydrogen-bond donors (Lipinski definition) is 0. The van der Waals surface area contributed by atoms with E-state index in [1.807, 2.05) is 0 Å². The molecule has 1 aromatic heterocycles. The fourth-order valence-corrected chi connectivity index (χ4v) is 8.38. The zero-order valence-corrected chi connectivity index (χ0v) is 24.4. The molecule has 4 nitrogen and oxygen atoms in total. The summed E-state index contributed by atoms with van der Waals surface area (Å²) in [4.78, 5) is 7.65. The summed E-state index contributed by atoms with van der Waals surface area (Å²) in [6, 6.07) is 24.4. The van der Waals surface area contributed by atoms with Gasteiger partial charge in [0.1, 0.15) is 11.7 Å². The number of nitrogens with zero attached hydrogens (tertiary/aromatic N) is 4. The van der Waals surface area contributed by atoms with Gasteiger partial charge in [-0.15, -0.1) is 0 Å². The third-order valence-electron chi connectivity index (χ3n) is 10.5. The van der Waals surface area contributed by atoms with E-state index in [1.54, 1.807) is 0 Å². The van der Waals surface area contributed by atoms with Crippen LogP contribution in [0.15, 0.2) is 97.3 Å². The summed E-state index contributed by atoms with van der Waals surface area (Å²) in [5, 5.41) is 0.0229. The van der Waals surface area contributed by atoms with E-state index in [9.17, 15) is 0 Å². The molecule has 0 saturated heterocycles. The van der Waals surface area contributed by atoms with Crippen LogP contribution < -0.4 is 19.2 Å². The Morgan fingerprint density at radius 1 is 0.897 bits per heavy atom. The highest BCUT2D eigenvalue weighted by Gasteiger charge is 2.67. The molecule has 0 bridgehead atoms. The van der Waals surface area contributed by atoms with Crippen LogP contribution in [-0.4, -0.2) is 20.1 Å². The van der Waals surface area contributed by atoms with Crippen LogP contribution in [0, 0.1) is 12.8 Å². The van der Waals surface area contributed by atoms with Gasteiger partial charge in [0, 0.05) is 24.1 Å². The molecule has 0 N–H and O–H groups in total. The van der Waals surface area contributed by atoms with E-state index < -0.39 is 0 Å². The molecule has 200 valence electrons. The van der Waals surface area contributed by atoms with E-state index in [0.717, 1.165) is 19.3 Å². The molecule has 0 aliphatic carbocycles. The standard InChI is InChI=1S/C34H42BN4/c1-7-33(5)34(8-2,35-22-14-16-24-38(35)31-21-13-15-23-37(31)33)27(4)25-32-36(6)29-19-11-12-20-30(29)39(32)28-18-10-9-17-26(28)3/h9-24,27,32H,7-8,25H2,1-6H3/q+1. The Bertz CT molecular complexity index is 1430. The minimum Gasteiger partial charge on any atom is -0.352 e. The van der Waals surface area contributed by atoms with Crippen molar-refractivity contribution in [1.82, 2.24) is 0 Å². The predicted molar refractivity (Wildman–Crippen MR) is 166 cm³/mol. The molecule has 2 aromatic carbocycles. The van der Waals surface area contributed by atoms with E-state index in [4.69, 9.17) is 0 Å². The number of pyridine rings is 1. The SMILES string of the molecule is CCC1(C(C)CC2N(C)c3ccccc3N2c2ccccc2C)B2C=CC=CN2c2cccc[n+]2C1(C)CC. The van der Waals surface area contributed by atoms with Gasteiger partial charge in [-0.1, -0.05) is 69.2 Å². The number of fused-ring (bicyclic) bond motifs is 4. The zero-order chi connectivity index (χ0) is 27.4. The molecule has 0 saturated carbocycles. The van der Waals surface area contributed by atoms with Gasteiger partial charge in [-0.2, -0.15) is 0 Å². The first-order chi connectivity index (χ1) is 18.9. The third-order valence-corrected chi connectivity index (χ3v) is 10.5. The number of allylic oxidation sites excluding steroid dienone is 2. The Hall–Kier alpha value is -3.47. The van der Waals surface area contributed by atoms with Crippen molar-refractivity contribution in [2.75, 3.05) is 21.7 Å². The molecule has 0 radical (unpaired) electrons. The van der Waals surface area contributed by atoms with Crippen molar-refractivity contribution in [3.63, 3.8) is 0 Å². The molecule has 3 aliphatic heterocycles. The number of benzene rings is 2. The van der Waals surface area contributed by atoms with E-state index >= 15 is 0 Å². The van der Waals surface area contributed by atoms with Gasteiger partial charge in [0.05, 0.1) is 23.8 Å². The average Bonchev–Trinajstić information content (AvgIpc) is 3.24. The van der Waals surface area contributed by atoms with E-state index in [2.05, 4.69) is 158 Å². The lowest BCUT2D eigenvalue weighted by Gasteiger charge is -2.56. The van der Waals surface area contributed by atoms with Crippen molar-refractivity contribution in [2.45, 2.75) is 70.9 Å². The molecular weight excluding hydrogens is 475 g/mol. The van der Waals surface area contributed by atoms with E-state index in [0.29, 0.717) is 12.8 Å². The van der Waals surface area contributed by atoms with Gasteiger partial charge < -0.3 is 9.80 Å². The van der Waals surface area contributed by atoms with Crippen molar-refractivity contribution < 1.29 is 4.57 Å². The Morgan fingerprint density at radius 3 is 2.31 bits per heavy atom. The van der Waals surface area contributed by atoms with Crippen molar-refractivity contribution in [1.29, 1.82) is 0 Å². The molecular formula is C34H42BN4+. The molecule has 39 heavy (non-hydrogen) atoms. The van der Waals surface area contributed by atoms with Crippen molar-refractivity contribution in [2.24, 2.45) is 5.92 Å². The fourth-order valence-electron chi connectivity index (χ4n) is 8.38. The Labute approximate surface area is 235 Å². The van der Waals surface area contributed by atoms with Gasteiger partial charge in [0.15, 0.2) is 0 Å². The molecule has 3 aromatic rings. The lowest BCUT2D eigenvalue weighted by molar-refractivity contribution is -0.760. The summed E-state index contributed by atoms with van der Waals surface area (Å²) in [6.45, 7) is 12.4.